The molecule has 2 unspecified atom stereocenters. The fourth-order valence-electron chi connectivity index (χ4n) is 4.51. The molecule has 0 radical (unpaired) electrons. The first kappa shape index (κ1) is 22.5. The van der Waals surface area contributed by atoms with Gasteiger partial charge in [-0.3, -0.25) is 19.7 Å². The van der Waals surface area contributed by atoms with Crippen LogP contribution in [0.25, 0.3) is 0 Å². The number of aromatic nitrogens is 5. The van der Waals surface area contributed by atoms with E-state index >= 15 is 0 Å². The van der Waals surface area contributed by atoms with Crippen LogP contribution in [-0.4, -0.2) is 61.8 Å². The number of hydrogen-bond acceptors (Lipinski definition) is 6. The van der Waals surface area contributed by atoms with Crippen LogP contribution in [0.15, 0.2) is 12.4 Å². The highest BCUT2D eigenvalue weighted by atomic mass is 19.3. The Morgan fingerprint density at radius 2 is 2.03 bits per heavy atom. The van der Waals surface area contributed by atoms with Crippen LogP contribution in [0.4, 0.5) is 14.6 Å². The Morgan fingerprint density at radius 1 is 1.28 bits per heavy atom. The number of carbonyl (C=O) groups excluding carboxylic acids is 2. The van der Waals surface area contributed by atoms with Gasteiger partial charge in [0.05, 0.1) is 17.8 Å². The van der Waals surface area contributed by atoms with Gasteiger partial charge in [0.25, 0.3) is 0 Å². The molecule has 0 saturated heterocycles. The number of anilines is 1. The number of carbonyl (C=O) groups is 2. The first-order valence-corrected chi connectivity index (χ1v) is 11.0. The summed E-state index contributed by atoms with van der Waals surface area (Å²) >= 11 is 0. The molecule has 174 valence electrons. The van der Waals surface area contributed by atoms with E-state index in [1.54, 1.807) is 27.6 Å². The number of aldehydes is 1. The van der Waals surface area contributed by atoms with E-state index in [2.05, 4.69) is 20.5 Å². The molecule has 1 fully saturated rings. The summed E-state index contributed by atoms with van der Waals surface area (Å²) in [6, 6.07) is 0.721. The molecule has 2 atom stereocenters. The number of aryl methyl sites for hydroxylation is 2. The highest BCUT2D eigenvalue weighted by molar-refractivity contribution is 5.96. The molecule has 0 bridgehead atoms. The molecule has 32 heavy (non-hydrogen) atoms. The topological polar surface area (TPSA) is 97.9 Å². The second-order valence-corrected chi connectivity index (χ2v) is 8.90. The molecular formula is C21H29F2N7O2. The van der Waals surface area contributed by atoms with Crippen molar-refractivity contribution < 1.29 is 18.4 Å². The van der Waals surface area contributed by atoms with E-state index in [4.69, 9.17) is 0 Å². The van der Waals surface area contributed by atoms with Gasteiger partial charge in [0, 0.05) is 45.5 Å². The monoisotopic (exact) mass is 449 g/mol. The summed E-state index contributed by atoms with van der Waals surface area (Å²) in [5.74, 6) is -1.30. The maximum atomic E-state index is 13.3. The smallest absolute Gasteiger partial charge is 0.248 e. The Balaban J connectivity index is 1.34. The van der Waals surface area contributed by atoms with Crippen LogP contribution in [0.5, 0.6) is 0 Å². The van der Waals surface area contributed by atoms with Crippen LogP contribution >= 0.6 is 0 Å². The Morgan fingerprint density at radius 3 is 2.75 bits per heavy atom. The van der Waals surface area contributed by atoms with Crippen molar-refractivity contribution in [2.45, 2.75) is 76.5 Å². The molecule has 1 amide bonds. The highest BCUT2D eigenvalue weighted by Gasteiger charge is 2.35. The Hall–Kier alpha value is -2.69. The number of nitrogens with one attached hydrogen (secondary N) is 1. The van der Waals surface area contributed by atoms with Gasteiger partial charge in [-0.1, -0.05) is 0 Å². The lowest BCUT2D eigenvalue weighted by molar-refractivity contribution is -0.120. The van der Waals surface area contributed by atoms with E-state index in [-0.39, 0.29) is 31.1 Å². The first-order chi connectivity index (χ1) is 15.2. The van der Waals surface area contributed by atoms with Gasteiger partial charge in [0.15, 0.2) is 5.82 Å². The maximum absolute atomic E-state index is 13.3. The summed E-state index contributed by atoms with van der Waals surface area (Å²) < 4.78 is 30.1. The summed E-state index contributed by atoms with van der Waals surface area (Å²) in [5.41, 5.74) is 0.848. The maximum Gasteiger partial charge on any atom is 0.248 e. The van der Waals surface area contributed by atoms with Crippen molar-refractivity contribution in [2.75, 3.05) is 11.9 Å². The summed E-state index contributed by atoms with van der Waals surface area (Å²) in [5, 5.41) is 12.0. The van der Waals surface area contributed by atoms with Crippen LogP contribution in [0.2, 0.25) is 0 Å². The van der Waals surface area contributed by atoms with Crippen LogP contribution < -0.4 is 10.2 Å². The Labute approximate surface area is 185 Å². The Kier molecular flexibility index (Phi) is 6.36. The lowest BCUT2D eigenvalue weighted by Crippen LogP contribution is -2.49. The third-order valence-electron chi connectivity index (χ3n) is 6.33. The van der Waals surface area contributed by atoms with Gasteiger partial charge < -0.3 is 4.79 Å². The van der Waals surface area contributed by atoms with Gasteiger partial charge in [-0.15, -0.1) is 0 Å². The fraction of sp³-hybridized carbons (Fsp3) is 0.667. The van der Waals surface area contributed by atoms with Gasteiger partial charge in [-0.2, -0.15) is 10.2 Å². The largest absolute Gasteiger partial charge is 0.302 e. The van der Waals surface area contributed by atoms with Crippen LogP contribution in [0.1, 0.15) is 43.6 Å². The quantitative estimate of drug-likeness (QED) is 0.647. The first-order valence-electron chi connectivity index (χ1n) is 11.0. The third-order valence-corrected chi connectivity index (χ3v) is 6.33. The number of likely N-dealkylation sites (N-methyl/N-ethyl adjacent to an activating group) is 1. The highest BCUT2D eigenvalue weighted by Crippen LogP contribution is 2.36. The van der Waals surface area contributed by atoms with Crippen molar-refractivity contribution in [3.05, 3.63) is 23.9 Å². The average molecular weight is 450 g/mol. The molecule has 2 aliphatic rings. The SMILES string of the molecule is Cc1cc2n(n1)CCC(NC(C=O)Cc1ncn(CC3CCC(F)(F)CC3)n1)C(=O)N2C. The zero-order valence-electron chi connectivity index (χ0n) is 18.4. The predicted molar refractivity (Wildman–Crippen MR) is 112 cm³/mol. The molecule has 11 heteroatoms. The standard InChI is InChI=1S/C21H29F2N7O2/c1-14-9-19-28(2)20(32)17(5-8-30(19)26-14)25-16(12-31)10-18-24-13-29(27-18)11-15-3-6-21(22,23)7-4-15/h9,12-13,15-17,25H,3-8,10-11H2,1-2H3. The average Bonchev–Trinajstić information content (AvgIpc) is 3.34. The summed E-state index contributed by atoms with van der Waals surface area (Å²) in [7, 11) is 1.70. The molecule has 1 aliphatic heterocycles. The molecule has 2 aromatic heterocycles. The number of alkyl halides is 2. The minimum Gasteiger partial charge on any atom is -0.302 e. The molecule has 1 saturated carbocycles. The van der Waals surface area contributed by atoms with E-state index in [1.807, 2.05) is 13.0 Å². The molecule has 9 nitrogen and oxygen atoms in total. The minimum absolute atomic E-state index is 0.0839. The van der Waals surface area contributed by atoms with Gasteiger partial charge in [-0.05, 0) is 32.1 Å². The number of halogens is 2. The van der Waals surface area contributed by atoms with E-state index in [1.165, 1.54) is 0 Å². The number of hydrogen-bond donors (Lipinski definition) is 1. The van der Waals surface area contributed by atoms with Crippen molar-refractivity contribution in [1.82, 2.24) is 29.9 Å². The Bertz CT molecular complexity index is 963. The summed E-state index contributed by atoms with van der Waals surface area (Å²) in [6.07, 6.45) is 3.87. The van der Waals surface area contributed by atoms with Crippen LogP contribution in [0.3, 0.4) is 0 Å². The molecule has 1 N–H and O–H groups in total. The molecule has 3 heterocycles. The summed E-state index contributed by atoms with van der Waals surface area (Å²) in [6.45, 7) is 2.99. The molecular weight excluding hydrogens is 420 g/mol. The molecule has 4 rings (SSSR count). The second-order valence-electron chi connectivity index (χ2n) is 8.90. The van der Waals surface area contributed by atoms with Gasteiger partial charge in [0.1, 0.15) is 18.4 Å². The fourth-order valence-corrected chi connectivity index (χ4v) is 4.51. The lowest BCUT2D eigenvalue weighted by atomic mass is 9.87. The van der Waals surface area contributed by atoms with Gasteiger partial charge in [-0.25, -0.2) is 18.4 Å². The van der Waals surface area contributed by atoms with E-state index < -0.39 is 18.0 Å². The number of amides is 1. The molecule has 0 aromatic carbocycles. The zero-order chi connectivity index (χ0) is 22.9. The normalized spacial score (nSPS) is 22.4. The van der Waals surface area contributed by atoms with Crippen LogP contribution in [-0.2, 0) is 29.1 Å². The zero-order valence-corrected chi connectivity index (χ0v) is 18.4. The van der Waals surface area contributed by atoms with Crippen molar-refractivity contribution in [2.24, 2.45) is 5.92 Å². The van der Waals surface area contributed by atoms with Crippen molar-refractivity contribution >= 4 is 18.0 Å². The minimum atomic E-state index is -2.55. The van der Waals surface area contributed by atoms with E-state index in [9.17, 15) is 18.4 Å². The third kappa shape index (κ3) is 5.03. The molecule has 1 aliphatic carbocycles. The predicted octanol–water partition coefficient (Wildman–Crippen LogP) is 1.74. The summed E-state index contributed by atoms with van der Waals surface area (Å²) in [4.78, 5) is 30.5. The number of nitrogens with zero attached hydrogens (tertiary/aromatic N) is 6. The van der Waals surface area contributed by atoms with Crippen LogP contribution in [0, 0.1) is 12.8 Å². The van der Waals surface area contributed by atoms with Crippen molar-refractivity contribution in [3.8, 4) is 0 Å². The lowest BCUT2D eigenvalue weighted by Gasteiger charge is -2.27. The van der Waals surface area contributed by atoms with Gasteiger partial charge in [0.2, 0.25) is 11.8 Å². The van der Waals surface area contributed by atoms with Gasteiger partial charge >= 0.3 is 0 Å². The number of rotatable bonds is 7. The van der Waals surface area contributed by atoms with E-state index in [0.29, 0.717) is 38.2 Å². The molecule has 2 aromatic rings. The number of fused-ring (bicyclic) bond motifs is 1. The van der Waals surface area contributed by atoms with E-state index in [0.717, 1.165) is 17.8 Å². The van der Waals surface area contributed by atoms with Crippen molar-refractivity contribution in [3.63, 3.8) is 0 Å². The van der Waals surface area contributed by atoms with Crippen molar-refractivity contribution in [1.29, 1.82) is 0 Å². The molecule has 0 spiro atoms. The second kappa shape index (κ2) is 9.05.